The van der Waals surface area contributed by atoms with E-state index in [1.807, 2.05) is 38.7 Å². The Kier molecular flexibility index (Phi) is 2.96. The van der Waals surface area contributed by atoms with Crippen LogP contribution in [0.1, 0.15) is 35.7 Å². The maximum atomic E-state index is 5.55. The molecule has 0 fully saturated rings. The fraction of sp³-hybridized carbons (Fsp3) is 0.462. The van der Waals surface area contributed by atoms with Gasteiger partial charge in [-0.2, -0.15) is 5.10 Å². The summed E-state index contributed by atoms with van der Waals surface area (Å²) in [6, 6.07) is 2.30. The highest BCUT2D eigenvalue weighted by atomic mass is 16.3. The van der Waals surface area contributed by atoms with Gasteiger partial charge in [-0.15, -0.1) is 0 Å². The van der Waals surface area contributed by atoms with Crippen molar-refractivity contribution in [3.63, 3.8) is 0 Å². The van der Waals surface area contributed by atoms with Gasteiger partial charge in [0.05, 0.1) is 17.4 Å². The molecule has 0 saturated heterocycles. The summed E-state index contributed by atoms with van der Waals surface area (Å²) < 4.78 is 7.37. The lowest BCUT2D eigenvalue weighted by Gasteiger charge is -2.13. The highest BCUT2D eigenvalue weighted by molar-refractivity contribution is 5.48. The molecule has 2 aromatic heterocycles. The van der Waals surface area contributed by atoms with Gasteiger partial charge < -0.3 is 9.73 Å². The molecule has 2 heterocycles. The van der Waals surface area contributed by atoms with Gasteiger partial charge in [0.1, 0.15) is 11.5 Å². The molecule has 1 N–H and O–H groups in total. The molecule has 0 aromatic carbocycles. The Balaban J connectivity index is 2.19. The largest absolute Gasteiger partial charge is 0.466 e. The van der Waals surface area contributed by atoms with Gasteiger partial charge >= 0.3 is 0 Å². The number of hydrogen-bond donors (Lipinski definition) is 1. The molecular formula is C13H19N3O. The molecule has 2 aromatic rings. The number of anilines is 1. The first-order valence-corrected chi connectivity index (χ1v) is 5.81. The van der Waals surface area contributed by atoms with E-state index in [4.69, 9.17) is 4.42 Å². The Morgan fingerprint density at radius 3 is 2.53 bits per heavy atom. The van der Waals surface area contributed by atoms with Crippen LogP contribution >= 0.6 is 0 Å². The first kappa shape index (κ1) is 11.8. The molecule has 1 atom stereocenters. The van der Waals surface area contributed by atoms with Gasteiger partial charge in [0.15, 0.2) is 0 Å². The third-order valence-electron chi connectivity index (χ3n) is 2.93. The van der Waals surface area contributed by atoms with Crippen molar-refractivity contribution in [1.82, 2.24) is 9.78 Å². The summed E-state index contributed by atoms with van der Waals surface area (Å²) in [6.45, 7) is 8.10. The molecule has 0 radical (unpaired) electrons. The van der Waals surface area contributed by atoms with Gasteiger partial charge in [0, 0.05) is 18.8 Å². The van der Waals surface area contributed by atoms with Crippen molar-refractivity contribution < 1.29 is 4.42 Å². The van der Waals surface area contributed by atoms with Crippen molar-refractivity contribution >= 4 is 5.69 Å². The van der Waals surface area contributed by atoms with Crippen molar-refractivity contribution in [3.8, 4) is 0 Å². The number of nitrogens with one attached hydrogen (secondary N) is 1. The molecule has 17 heavy (non-hydrogen) atoms. The van der Waals surface area contributed by atoms with E-state index in [0.717, 1.165) is 22.9 Å². The SMILES string of the molecule is Cc1cc(C(C)Nc2cn(C)nc2C)c(C)o1. The molecule has 0 aliphatic rings. The van der Waals surface area contributed by atoms with Crippen LogP contribution in [0.5, 0.6) is 0 Å². The maximum Gasteiger partial charge on any atom is 0.106 e. The Labute approximate surface area is 102 Å². The third-order valence-corrected chi connectivity index (χ3v) is 2.93. The lowest BCUT2D eigenvalue weighted by atomic mass is 10.1. The second kappa shape index (κ2) is 4.28. The smallest absolute Gasteiger partial charge is 0.106 e. The fourth-order valence-electron chi connectivity index (χ4n) is 2.13. The van der Waals surface area contributed by atoms with E-state index in [9.17, 15) is 0 Å². The van der Waals surface area contributed by atoms with E-state index in [-0.39, 0.29) is 6.04 Å². The van der Waals surface area contributed by atoms with E-state index in [0.29, 0.717) is 0 Å². The van der Waals surface area contributed by atoms with E-state index in [2.05, 4.69) is 23.4 Å². The molecule has 0 aliphatic heterocycles. The highest BCUT2D eigenvalue weighted by Crippen LogP contribution is 2.25. The minimum atomic E-state index is 0.218. The first-order valence-electron chi connectivity index (χ1n) is 5.81. The van der Waals surface area contributed by atoms with Crippen LogP contribution in [0.2, 0.25) is 0 Å². The zero-order valence-corrected chi connectivity index (χ0v) is 11.0. The first-order chi connectivity index (χ1) is 7.97. The predicted molar refractivity (Wildman–Crippen MR) is 68.2 cm³/mol. The Hall–Kier alpha value is -1.71. The zero-order valence-electron chi connectivity index (χ0n) is 11.0. The number of hydrogen-bond acceptors (Lipinski definition) is 3. The zero-order chi connectivity index (χ0) is 12.6. The van der Waals surface area contributed by atoms with E-state index < -0.39 is 0 Å². The lowest BCUT2D eigenvalue weighted by molar-refractivity contribution is 0.500. The lowest BCUT2D eigenvalue weighted by Crippen LogP contribution is -2.07. The molecule has 0 amide bonds. The van der Waals surface area contributed by atoms with Crippen molar-refractivity contribution in [2.45, 2.75) is 33.7 Å². The van der Waals surface area contributed by atoms with Crippen LogP contribution in [-0.2, 0) is 7.05 Å². The molecule has 4 nitrogen and oxygen atoms in total. The molecule has 0 aliphatic carbocycles. The van der Waals surface area contributed by atoms with Crippen molar-refractivity contribution in [3.05, 3.63) is 35.0 Å². The summed E-state index contributed by atoms with van der Waals surface area (Å²) in [7, 11) is 1.93. The van der Waals surface area contributed by atoms with Gasteiger partial charge in [-0.25, -0.2) is 0 Å². The Bertz CT molecular complexity index is 525. The molecule has 1 unspecified atom stereocenters. The summed E-state index contributed by atoms with van der Waals surface area (Å²) in [4.78, 5) is 0. The molecule has 0 saturated carbocycles. The van der Waals surface area contributed by atoms with Crippen molar-refractivity contribution in [1.29, 1.82) is 0 Å². The van der Waals surface area contributed by atoms with Crippen LogP contribution in [0.25, 0.3) is 0 Å². The van der Waals surface area contributed by atoms with E-state index >= 15 is 0 Å². The standard InChI is InChI=1S/C13H19N3O/c1-8-6-12(11(4)17-8)9(2)14-13-7-16(5)15-10(13)3/h6-7,9,14H,1-5H3. The predicted octanol–water partition coefficient (Wildman–Crippen LogP) is 3.11. The molecule has 2 rings (SSSR count). The van der Waals surface area contributed by atoms with Crippen LogP contribution in [-0.4, -0.2) is 9.78 Å². The van der Waals surface area contributed by atoms with Crippen LogP contribution in [0.15, 0.2) is 16.7 Å². The average molecular weight is 233 g/mol. The number of aryl methyl sites for hydroxylation is 4. The van der Waals surface area contributed by atoms with Gasteiger partial charge in [0.2, 0.25) is 0 Å². The minimum Gasteiger partial charge on any atom is -0.466 e. The fourth-order valence-corrected chi connectivity index (χ4v) is 2.13. The van der Waals surface area contributed by atoms with Crippen molar-refractivity contribution in [2.24, 2.45) is 7.05 Å². The average Bonchev–Trinajstić information content (AvgIpc) is 2.70. The number of aromatic nitrogens is 2. The maximum absolute atomic E-state index is 5.55. The summed E-state index contributed by atoms with van der Waals surface area (Å²) in [5, 5.41) is 7.77. The van der Waals surface area contributed by atoms with Gasteiger partial charge in [0.25, 0.3) is 0 Å². The van der Waals surface area contributed by atoms with E-state index in [1.54, 1.807) is 0 Å². The molecular weight excluding hydrogens is 214 g/mol. The third kappa shape index (κ3) is 2.35. The van der Waals surface area contributed by atoms with Crippen LogP contribution in [0.3, 0.4) is 0 Å². The number of nitrogens with zero attached hydrogens (tertiary/aromatic N) is 2. The summed E-state index contributed by atoms with van der Waals surface area (Å²) in [6.07, 6.45) is 1.99. The highest BCUT2D eigenvalue weighted by Gasteiger charge is 2.14. The van der Waals surface area contributed by atoms with E-state index in [1.165, 1.54) is 5.56 Å². The Morgan fingerprint density at radius 1 is 1.35 bits per heavy atom. The summed E-state index contributed by atoms with van der Waals surface area (Å²) >= 11 is 0. The second-order valence-corrected chi connectivity index (χ2v) is 4.54. The normalized spacial score (nSPS) is 12.8. The van der Waals surface area contributed by atoms with Gasteiger partial charge in [-0.05, 0) is 33.8 Å². The summed E-state index contributed by atoms with van der Waals surface area (Å²) in [5.41, 5.74) is 3.28. The molecule has 0 spiro atoms. The van der Waals surface area contributed by atoms with Gasteiger partial charge in [-0.3, -0.25) is 4.68 Å². The summed E-state index contributed by atoms with van der Waals surface area (Å²) in [5.74, 6) is 1.93. The Morgan fingerprint density at radius 2 is 2.06 bits per heavy atom. The second-order valence-electron chi connectivity index (χ2n) is 4.54. The van der Waals surface area contributed by atoms with Crippen LogP contribution in [0.4, 0.5) is 5.69 Å². The topological polar surface area (TPSA) is 43.0 Å². The molecule has 4 heteroatoms. The monoisotopic (exact) mass is 233 g/mol. The van der Waals surface area contributed by atoms with Crippen LogP contribution in [0, 0.1) is 20.8 Å². The molecule has 0 bridgehead atoms. The molecule has 92 valence electrons. The minimum absolute atomic E-state index is 0.218. The number of rotatable bonds is 3. The van der Waals surface area contributed by atoms with Gasteiger partial charge in [-0.1, -0.05) is 0 Å². The van der Waals surface area contributed by atoms with Crippen molar-refractivity contribution in [2.75, 3.05) is 5.32 Å². The quantitative estimate of drug-likeness (QED) is 0.885. The van der Waals surface area contributed by atoms with Crippen LogP contribution < -0.4 is 5.32 Å². The number of furan rings is 1.